The van der Waals surface area contributed by atoms with Crippen molar-refractivity contribution in [3.63, 3.8) is 0 Å². The van der Waals surface area contributed by atoms with Crippen molar-refractivity contribution in [3.05, 3.63) is 82.6 Å². The topological polar surface area (TPSA) is 79.5 Å². The molecule has 7 nitrogen and oxygen atoms in total. The average molecular weight is 497 g/mol. The van der Waals surface area contributed by atoms with E-state index in [1.165, 1.54) is 11.3 Å². The monoisotopic (exact) mass is 496 g/mol. The zero-order valence-electron chi connectivity index (χ0n) is 20.0. The van der Waals surface area contributed by atoms with Crippen molar-refractivity contribution in [1.82, 2.24) is 19.8 Å². The Morgan fingerprint density at radius 3 is 2.33 bits per heavy atom. The van der Waals surface area contributed by atoms with Gasteiger partial charge in [0, 0.05) is 37.1 Å². The Labute approximate surface area is 212 Å². The molecule has 0 saturated carbocycles. The minimum Gasteiger partial charge on any atom is -0.461 e. The molecule has 2 amide bonds. The highest BCUT2D eigenvalue weighted by molar-refractivity contribution is 7.20. The Hall–Kier alpha value is -4.04. The van der Waals surface area contributed by atoms with Crippen LogP contribution in [0, 0.1) is 13.8 Å². The summed E-state index contributed by atoms with van der Waals surface area (Å²) in [4.78, 5) is 41.2. The first-order chi connectivity index (χ1) is 17.5. The number of fused-ring (bicyclic) bond motifs is 2. The molecule has 3 aromatic heterocycles. The van der Waals surface area contributed by atoms with Crippen LogP contribution < -0.4 is 0 Å². The lowest BCUT2D eigenvalue weighted by atomic mass is 10.0. The van der Waals surface area contributed by atoms with Crippen molar-refractivity contribution >= 4 is 44.1 Å². The second-order valence-corrected chi connectivity index (χ2v) is 9.96. The lowest BCUT2D eigenvalue weighted by molar-refractivity contribution is 0.0539. The number of thiophene rings is 1. The van der Waals surface area contributed by atoms with Gasteiger partial charge in [-0.1, -0.05) is 36.4 Å². The zero-order chi connectivity index (χ0) is 24.8. The maximum Gasteiger partial charge on any atom is 0.264 e. The predicted molar refractivity (Wildman–Crippen MR) is 140 cm³/mol. The van der Waals surface area contributed by atoms with Gasteiger partial charge in [-0.2, -0.15) is 0 Å². The fourth-order valence-corrected chi connectivity index (χ4v) is 6.10. The summed E-state index contributed by atoms with van der Waals surface area (Å²) in [6.07, 6.45) is 1.59. The lowest BCUT2D eigenvalue weighted by Crippen LogP contribution is -2.50. The van der Waals surface area contributed by atoms with Gasteiger partial charge in [-0.25, -0.2) is 9.97 Å². The van der Waals surface area contributed by atoms with E-state index in [1.54, 1.807) is 12.3 Å². The fourth-order valence-electron chi connectivity index (χ4n) is 4.90. The highest BCUT2D eigenvalue weighted by Crippen LogP contribution is 2.34. The number of carbonyl (C=O) groups excluding carboxylic acids is 2. The van der Waals surface area contributed by atoms with Crippen molar-refractivity contribution in [2.45, 2.75) is 13.8 Å². The number of amides is 2. The van der Waals surface area contributed by atoms with Gasteiger partial charge in [0.15, 0.2) is 11.6 Å². The maximum atomic E-state index is 13.5. The third kappa shape index (κ3) is 3.74. The first kappa shape index (κ1) is 22.4. The third-order valence-electron chi connectivity index (χ3n) is 6.78. The number of aryl methyl sites for hydroxylation is 2. The van der Waals surface area contributed by atoms with Crippen molar-refractivity contribution in [1.29, 1.82) is 0 Å². The molecule has 180 valence electrons. The summed E-state index contributed by atoms with van der Waals surface area (Å²) in [5, 5.41) is 2.92. The number of hydrogen-bond donors (Lipinski definition) is 0. The first-order valence-electron chi connectivity index (χ1n) is 11.9. The molecule has 0 unspecified atom stereocenters. The maximum absolute atomic E-state index is 13.5. The molecule has 0 atom stereocenters. The normalized spacial score (nSPS) is 14.1. The number of benzene rings is 2. The van der Waals surface area contributed by atoms with E-state index in [2.05, 4.69) is 9.97 Å². The van der Waals surface area contributed by atoms with Gasteiger partial charge in [0.05, 0.1) is 16.8 Å². The molecule has 1 fully saturated rings. The van der Waals surface area contributed by atoms with Gasteiger partial charge >= 0.3 is 0 Å². The van der Waals surface area contributed by atoms with Crippen LogP contribution in [-0.4, -0.2) is 57.8 Å². The molecule has 0 radical (unpaired) electrons. The van der Waals surface area contributed by atoms with Crippen LogP contribution in [0.15, 0.2) is 65.3 Å². The van der Waals surface area contributed by atoms with E-state index in [9.17, 15) is 9.59 Å². The minimum absolute atomic E-state index is 0.00768. The summed E-state index contributed by atoms with van der Waals surface area (Å²) in [5.41, 5.74) is 2.43. The van der Waals surface area contributed by atoms with Crippen molar-refractivity contribution in [3.8, 4) is 11.6 Å². The summed E-state index contributed by atoms with van der Waals surface area (Å²) in [6.45, 7) is 5.87. The van der Waals surface area contributed by atoms with E-state index < -0.39 is 0 Å². The van der Waals surface area contributed by atoms with Crippen LogP contribution in [0.2, 0.25) is 0 Å². The SMILES string of the molecule is Cc1nc(-c2ccco2)nc2sc(C(=O)N3CCN(C(=O)c4cccc5ccccc45)CC3)c(C)c12. The van der Waals surface area contributed by atoms with Gasteiger partial charge in [-0.3, -0.25) is 9.59 Å². The van der Waals surface area contributed by atoms with Gasteiger partial charge in [0.1, 0.15) is 4.83 Å². The predicted octanol–water partition coefficient (Wildman–Crippen LogP) is 5.32. The molecule has 6 rings (SSSR count). The van der Waals surface area contributed by atoms with E-state index in [4.69, 9.17) is 4.42 Å². The Morgan fingerprint density at radius 1 is 0.861 bits per heavy atom. The highest BCUT2D eigenvalue weighted by Gasteiger charge is 2.29. The molecule has 1 aliphatic rings. The summed E-state index contributed by atoms with van der Waals surface area (Å²) < 4.78 is 5.46. The van der Waals surface area contributed by atoms with Gasteiger partial charge in [-0.05, 0) is 48.4 Å². The van der Waals surface area contributed by atoms with E-state index in [0.29, 0.717) is 48.2 Å². The summed E-state index contributed by atoms with van der Waals surface area (Å²) in [6, 6.07) is 17.4. The molecular formula is C28H24N4O3S. The lowest BCUT2D eigenvalue weighted by Gasteiger charge is -2.35. The number of nitrogens with zero attached hydrogens (tertiary/aromatic N) is 4. The van der Waals surface area contributed by atoms with E-state index >= 15 is 0 Å². The number of rotatable bonds is 3. The van der Waals surface area contributed by atoms with Crippen LogP contribution in [-0.2, 0) is 0 Å². The van der Waals surface area contributed by atoms with Crippen LogP contribution in [0.3, 0.4) is 0 Å². The van der Waals surface area contributed by atoms with Crippen LogP contribution in [0.25, 0.3) is 32.6 Å². The number of carbonyl (C=O) groups is 2. The highest BCUT2D eigenvalue weighted by atomic mass is 32.1. The molecule has 36 heavy (non-hydrogen) atoms. The van der Waals surface area contributed by atoms with Crippen LogP contribution in [0.4, 0.5) is 0 Å². The van der Waals surface area contributed by atoms with E-state index in [1.807, 2.05) is 72.2 Å². The average Bonchev–Trinajstić information content (AvgIpc) is 3.56. The summed E-state index contributed by atoms with van der Waals surface area (Å²) >= 11 is 1.39. The van der Waals surface area contributed by atoms with E-state index in [-0.39, 0.29) is 11.8 Å². The molecule has 0 N–H and O–H groups in total. The van der Waals surface area contributed by atoms with Gasteiger partial charge in [0.2, 0.25) is 0 Å². The number of hydrogen-bond acceptors (Lipinski definition) is 6. The molecule has 8 heteroatoms. The van der Waals surface area contributed by atoms with Gasteiger partial charge < -0.3 is 14.2 Å². The first-order valence-corrected chi connectivity index (χ1v) is 12.7. The number of aromatic nitrogens is 2. The van der Waals surface area contributed by atoms with Crippen molar-refractivity contribution in [2.75, 3.05) is 26.2 Å². The Morgan fingerprint density at radius 2 is 1.58 bits per heavy atom. The van der Waals surface area contributed by atoms with E-state index in [0.717, 1.165) is 32.2 Å². The molecule has 1 saturated heterocycles. The molecule has 5 aromatic rings. The molecule has 2 aromatic carbocycles. The fraction of sp³-hybridized carbons (Fsp3) is 0.214. The molecule has 0 bridgehead atoms. The minimum atomic E-state index is -0.0216. The summed E-state index contributed by atoms with van der Waals surface area (Å²) in [5.74, 6) is 1.11. The molecular weight excluding hydrogens is 472 g/mol. The Bertz CT molecular complexity index is 1610. The standard InChI is InChI=1S/C28H24N4O3S/c1-17-23-18(2)29-25(22-11-6-16-35-22)30-26(23)36-24(17)28(34)32-14-12-31(13-15-32)27(33)21-10-5-8-19-7-3-4-9-20(19)21/h3-11,16H,12-15H2,1-2H3. The second kappa shape index (κ2) is 8.87. The third-order valence-corrected chi connectivity index (χ3v) is 7.95. The number of piperazine rings is 1. The van der Waals surface area contributed by atoms with Crippen LogP contribution >= 0.6 is 11.3 Å². The Balaban J connectivity index is 1.22. The van der Waals surface area contributed by atoms with Crippen LogP contribution in [0.1, 0.15) is 31.3 Å². The van der Waals surface area contributed by atoms with Gasteiger partial charge in [0.25, 0.3) is 11.8 Å². The largest absolute Gasteiger partial charge is 0.461 e. The van der Waals surface area contributed by atoms with Crippen LogP contribution in [0.5, 0.6) is 0 Å². The smallest absolute Gasteiger partial charge is 0.264 e. The van der Waals surface area contributed by atoms with Crippen molar-refractivity contribution < 1.29 is 14.0 Å². The molecule has 1 aliphatic heterocycles. The molecule has 0 spiro atoms. The zero-order valence-corrected chi connectivity index (χ0v) is 20.8. The van der Waals surface area contributed by atoms with Gasteiger partial charge in [-0.15, -0.1) is 11.3 Å². The summed E-state index contributed by atoms with van der Waals surface area (Å²) in [7, 11) is 0. The molecule has 4 heterocycles. The quantitative estimate of drug-likeness (QED) is 0.338. The second-order valence-electron chi connectivity index (χ2n) is 8.96. The number of furan rings is 1. The molecule has 0 aliphatic carbocycles. The van der Waals surface area contributed by atoms with Crippen molar-refractivity contribution in [2.24, 2.45) is 0 Å². The Kier molecular flexibility index (Phi) is 5.53.